The molecule has 7 heteroatoms. The van der Waals surface area contributed by atoms with E-state index >= 15 is 0 Å². The van der Waals surface area contributed by atoms with Gasteiger partial charge in [-0.1, -0.05) is 25.4 Å². The van der Waals surface area contributed by atoms with Gasteiger partial charge in [0.2, 0.25) is 0 Å². The fourth-order valence-corrected chi connectivity index (χ4v) is 4.09. The van der Waals surface area contributed by atoms with Gasteiger partial charge in [-0.2, -0.15) is 10.2 Å². The summed E-state index contributed by atoms with van der Waals surface area (Å²) in [5, 5.41) is 9.68. The zero-order valence-electron chi connectivity index (χ0n) is 14.9. The second kappa shape index (κ2) is 6.33. The fraction of sp³-hybridized carbons (Fsp3) is 0.500. The molecule has 132 valence electrons. The summed E-state index contributed by atoms with van der Waals surface area (Å²) in [6, 6.07) is 4.18. The van der Waals surface area contributed by atoms with Crippen LogP contribution in [-0.2, 0) is 6.54 Å². The number of nitrogens with zero attached hydrogens (tertiary/aromatic N) is 6. The van der Waals surface area contributed by atoms with E-state index in [0.29, 0.717) is 5.92 Å². The van der Waals surface area contributed by atoms with Crippen LogP contribution in [0.4, 0.5) is 5.82 Å². The van der Waals surface area contributed by atoms with Gasteiger partial charge in [0.25, 0.3) is 0 Å². The van der Waals surface area contributed by atoms with Gasteiger partial charge in [-0.05, 0) is 31.7 Å². The van der Waals surface area contributed by atoms with E-state index in [1.54, 1.807) is 10.7 Å². The molecular formula is C18H23ClN6. The smallest absolute Gasteiger partial charge is 0.157 e. The predicted octanol–water partition coefficient (Wildman–Crippen LogP) is 3.89. The summed E-state index contributed by atoms with van der Waals surface area (Å²) in [7, 11) is 0. The third kappa shape index (κ3) is 2.88. The number of fused-ring (bicyclic) bond motifs is 1. The third-order valence-corrected chi connectivity index (χ3v) is 5.17. The molecule has 1 aliphatic rings. The molecule has 1 unspecified atom stereocenters. The Morgan fingerprint density at radius 2 is 2.16 bits per heavy atom. The molecule has 1 aliphatic heterocycles. The van der Waals surface area contributed by atoms with Gasteiger partial charge >= 0.3 is 0 Å². The number of hydrogen-bond acceptors (Lipinski definition) is 4. The Bertz CT molecular complexity index is 896. The van der Waals surface area contributed by atoms with E-state index in [-0.39, 0.29) is 6.04 Å². The minimum Gasteiger partial charge on any atom is -0.349 e. The second-order valence-electron chi connectivity index (χ2n) is 7.14. The van der Waals surface area contributed by atoms with Crippen LogP contribution in [0.5, 0.6) is 0 Å². The van der Waals surface area contributed by atoms with Gasteiger partial charge in [0.15, 0.2) is 5.65 Å². The van der Waals surface area contributed by atoms with Crippen LogP contribution in [0, 0.1) is 12.8 Å². The maximum absolute atomic E-state index is 6.72. The molecule has 0 spiro atoms. The lowest BCUT2D eigenvalue weighted by Gasteiger charge is -2.26. The van der Waals surface area contributed by atoms with Gasteiger partial charge in [-0.15, -0.1) is 0 Å². The van der Waals surface area contributed by atoms with Crippen molar-refractivity contribution < 1.29 is 0 Å². The summed E-state index contributed by atoms with van der Waals surface area (Å²) in [5.74, 6) is 1.48. The van der Waals surface area contributed by atoms with Crippen LogP contribution < -0.4 is 4.90 Å². The fourth-order valence-electron chi connectivity index (χ4n) is 3.72. The number of halogens is 1. The van der Waals surface area contributed by atoms with Gasteiger partial charge in [-0.25, -0.2) is 9.50 Å². The van der Waals surface area contributed by atoms with Crippen LogP contribution in [0.25, 0.3) is 5.65 Å². The molecule has 6 nitrogen and oxygen atoms in total. The summed E-state index contributed by atoms with van der Waals surface area (Å²) < 4.78 is 3.73. The first-order valence-electron chi connectivity index (χ1n) is 8.84. The van der Waals surface area contributed by atoms with E-state index in [4.69, 9.17) is 16.6 Å². The van der Waals surface area contributed by atoms with Gasteiger partial charge in [0, 0.05) is 30.9 Å². The highest BCUT2D eigenvalue weighted by Crippen LogP contribution is 2.40. The van der Waals surface area contributed by atoms with E-state index in [1.165, 1.54) is 0 Å². The summed E-state index contributed by atoms with van der Waals surface area (Å²) in [5.41, 5.74) is 3.03. The normalized spacial score (nSPS) is 18.0. The van der Waals surface area contributed by atoms with Crippen molar-refractivity contribution in [2.75, 3.05) is 11.4 Å². The van der Waals surface area contributed by atoms with Crippen molar-refractivity contribution in [2.45, 2.75) is 46.2 Å². The van der Waals surface area contributed by atoms with Crippen molar-refractivity contribution in [3.63, 3.8) is 0 Å². The molecule has 0 N–H and O–H groups in total. The molecule has 25 heavy (non-hydrogen) atoms. The van der Waals surface area contributed by atoms with Crippen molar-refractivity contribution in [1.29, 1.82) is 0 Å². The third-order valence-electron chi connectivity index (χ3n) is 4.77. The second-order valence-corrected chi connectivity index (χ2v) is 7.50. The highest BCUT2D eigenvalue weighted by Gasteiger charge is 2.32. The molecule has 1 saturated heterocycles. The maximum Gasteiger partial charge on any atom is 0.157 e. The predicted molar refractivity (Wildman–Crippen MR) is 99.1 cm³/mol. The summed E-state index contributed by atoms with van der Waals surface area (Å²) in [6.45, 7) is 8.24. The summed E-state index contributed by atoms with van der Waals surface area (Å²) in [6.07, 6.45) is 5.93. The van der Waals surface area contributed by atoms with E-state index in [2.05, 4.69) is 35.9 Å². The van der Waals surface area contributed by atoms with E-state index in [0.717, 1.165) is 53.8 Å². The van der Waals surface area contributed by atoms with E-state index in [1.807, 2.05) is 23.0 Å². The largest absolute Gasteiger partial charge is 0.349 e. The van der Waals surface area contributed by atoms with Crippen LogP contribution in [0.15, 0.2) is 24.5 Å². The molecule has 1 atom stereocenters. The molecule has 3 aromatic rings. The zero-order valence-corrected chi connectivity index (χ0v) is 15.6. The van der Waals surface area contributed by atoms with Gasteiger partial charge < -0.3 is 4.90 Å². The van der Waals surface area contributed by atoms with Crippen LogP contribution >= 0.6 is 11.6 Å². The van der Waals surface area contributed by atoms with Crippen LogP contribution in [0.3, 0.4) is 0 Å². The Morgan fingerprint density at radius 1 is 1.32 bits per heavy atom. The quantitative estimate of drug-likeness (QED) is 0.710. The first kappa shape index (κ1) is 16.4. The monoisotopic (exact) mass is 358 g/mol. The van der Waals surface area contributed by atoms with Gasteiger partial charge in [0.1, 0.15) is 11.0 Å². The van der Waals surface area contributed by atoms with Crippen LogP contribution in [0.1, 0.15) is 44.0 Å². The number of rotatable bonds is 4. The minimum atomic E-state index is 0.228. The lowest BCUT2D eigenvalue weighted by molar-refractivity contribution is 0.481. The van der Waals surface area contributed by atoms with Gasteiger partial charge in [0.05, 0.1) is 17.9 Å². The SMILES string of the molecule is Cc1nn(CC(C)C)c(Cl)c1C1CCCN1c1ccn2nccc2n1. The molecular weight excluding hydrogens is 336 g/mol. The Morgan fingerprint density at radius 3 is 2.96 bits per heavy atom. The first-order chi connectivity index (χ1) is 12.0. The number of anilines is 1. The Hall–Kier alpha value is -2.08. The molecule has 1 fully saturated rings. The number of hydrogen-bond donors (Lipinski definition) is 0. The lowest BCUT2D eigenvalue weighted by atomic mass is 10.1. The number of aryl methyl sites for hydroxylation is 1. The molecule has 0 amide bonds. The van der Waals surface area contributed by atoms with Crippen molar-refractivity contribution in [3.05, 3.63) is 40.9 Å². The number of aromatic nitrogens is 5. The van der Waals surface area contributed by atoms with E-state index < -0.39 is 0 Å². The average molecular weight is 359 g/mol. The minimum absolute atomic E-state index is 0.228. The molecule has 0 radical (unpaired) electrons. The Kier molecular flexibility index (Phi) is 4.15. The average Bonchev–Trinajstić information content (AvgIpc) is 3.26. The molecule has 3 aromatic heterocycles. The summed E-state index contributed by atoms with van der Waals surface area (Å²) in [4.78, 5) is 7.11. The lowest BCUT2D eigenvalue weighted by Crippen LogP contribution is -2.24. The van der Waals surface area contributed by atoms with Crippen LogP contribution in [0.2, 0.25) is 5.15 Å². The van der Waals surface area contributed by atoms with Crippen molar-refractivity contribution in [3.8, 4) is 0 Å². The zero-order chi connectivity index (χ0) is 17.6. The Labute approximate surface area is 152 Å². The highest BCUT2D eigenvalue weighted by atomic mass is 35.5. The molecule has 4 heterocycles. The van der Waals surface area contributed by atoms with Crippen molar-refractivity contribution in [2.24, 2.45) is 5.92 Å². The molecule has 0 aromatic carbocycles. The van der Waals surface area contributed by atoms with Crippen molar-refractivity contribution >= 4 is 23.1 Å². The first-order valence-corrected chi connectivity index (χ1v) is 9.22. The standard InChI is InChI=1S/C18H23ClN6/c1-12(2)11-25-18(19)17(13(3)22-25)14-5-4-9-23(14)15-7-10-24-16(21-15)6-8-20-24/h6-8,10,12,14H,4-5,9,11H2,1-3H3. The topological polar surface area (TPSA) is 51.2 Å². The Balaban J connectivity index is 1.71. The molecule has 0 aliphatic carbocycles. The molecule has 0 saturated carbocycles. The van der Waals surface area contributed by atoms with Crippen LogP contribution in [-0.4, -0.2) is 30.9 Å². The molecule has 0 bridgehead atoms. The summed E-state index contributed by atoms with van der Waals surface area (Å²) >= 11 is 6.72. The van der Waals surface area contributed by atoms with Crippen molar-refractivity contribution in [1.82, 2.24) is 24.4 Å². The van der Waals surface area contributed by atoms with E-state index in [9.17, 15) is 0 Å². The highest BCUT2D eigenvalue weighted by molar-refractivity contribution is 6.30. The maximum atomic E-state index is 6.72. The van der Waals surface area contributed by atoms with Gasteiger partial charge in [-0.3, -0.25) is 4.68 Å². The molecule has 4 rings (SSSR count).